The SMILES string of the molecule is CCC(C)NC(=O)C12CC3CC(CC(C3)C1)C2. The fourth-order valence-electron chi connectivity index (χ4n) is 4.87. The molecule has 0 heterocycles. The van der Waals surface area contributed by atoms with Crippen molar-refractivity contribution in [3.63, 3.8) is 0 Å². The van der Waals surface area contributed by atoms with E-state index in [9.17, 15) is 4.79 Å². The van der Waals surface area contributed by atoms with Crippen LogP contribution in [-0.4, -0.2) is 11.9 Å². The number of hydrogen-bond donors (Lipinski definition) is 1. The molecular weight excluding hydrogens is 210 g/mol. The molecule has 1 unspecified atom stereocenters. The maximum atomic E-state index is 12.6. The summed E-state index contributed by atoms with van der Waals surface area (Å²) < 4.78 is 0. The Labute approximate surface area is 105 Å². The van der Waals surface area contributed by atoms with E-state index >= 15 is 0 Å². The molecule has 0 radical (unpaired) electrons. The molecule has 1 amide bonds. The molecule has 0 aromatic heterocycles. The Balaban J connectivity index is 1.75. The number of carbonyl (C=O) groups is 1. The third kappa shape index (κ3) is 1.90. The summed E-state index contributed by atoms with van der Waals surface area (Å²) in [6.07, 6.45) is 8.82. The first kappa shape index (κ1) is 11.6. The van der Waals surface area contributed by atoms with Gasteiger partial charge in [0, 0.05) is 11.5 Å². The van der Waals surface area contributed by atoms with Gasteiger partial charge in [0.25, 0.3) is 0 Å². The molecule has 0 spiro atoms. The number of nitrogens with one attached hydrogen (secondary N) is 1. The molecule has 0 aromatic rings. The predicted molar refractivity (Wildman–Crippen MR) is 68.5 cm³/mol. The van der Waals surface area contributed by atoms with Crippen LogP contribution in [-0.2, 0) is 4.79 Å². The fraction of sp³-hybridized carbons (Fsp3) is 0.933. The number of rotatable bonds is 3. The minimum absolute atomic E-state index is 0.0399. The highest BCUT2D eigenvalue weighted by Gasteiger charge is 2.54. The summed E-state index contributed by atoms with van der Waals surface area (Å²) in [5.41, 5.74) is 0.0399. The van der Waals surface area contributed by atoms with Crippen molar-refractivity contribution in [2.24, 2.45) is 23.2 Å². The van der Waals surface area contributed by atoms with E-state index in [0.29, 0.717) is 11.9 Å². The lowest BCUT2D eigenvalue weighted by Crippen LogP contribution is -2.54. The third-order valence-corrected chi connectivity index (χ3v) is 5.51. The van der Waals surface area contributed by atoms with Gasteiger partial charge < -0.3 is 5.32 Å². The Morgan fingerprint density at radius 3 is 2.06 bits per heavy atom. The molecule has 0 saturated heterocycles. The first-order valence-electron chi connectivity index (χ1n) is 7.42. The second kappa shape index (κ2) is 4.00. The Morgan fingerprint density at radius 2 is 1.65 bits per heavy atom. The zero-order valence-corrected chi connectivity index (χ0v) is 11.2. The standard InChI is InChI=1S/C15H25NO/c1-3-10(2)16-14(17)15-7-11-4-12(8-15)6-13(5-11)9-15/h10-13H,3-9H2,1-2H3,(H,16,17). The van der Waals surface area contributed by atoms with E-state index in [2.05, 4.69) is 19.2 Å². The van der Waals surface area contributed by atoms with Crippen LogP contribution in [0.2, 0.25) is 0 Å². The number of amides is 1. The van der Waals surface area contributed by atoms with Gasteiger partial charge in [-0.25, -0.2) is 0 Å². The molecular formula is C15H25NO. The van der Waals surface area contributed by atoms with Gasteiger partial charge in [0.15, 0.2) is 0 Å². The third-order valence-electron chi connectivity index (χ3n) is 5.51. The van der Waals surface area contributed by atoms with Crippen molar-refractivity contribution < 1.29 is 4.79 Å². The van der Waals surface area contributed by atoms with Crippen LogP contribution in [0.15, 0.2) is 0 Å². The maximum Gasteiger partial charge on any atom is 0.226 e. The van der Waals surface area contributed by atoms with E-state index in [1.165, 1.54) is 38.5 Å². The van der Waals surface area contributed by atoms with Crippen LogP contribution in [0.25, 0.3) is 0 Å². The van der Waals surface area contributed by atoms with Gasteiger partial charge in [-0.05, 0) is 69.6 Å². The molecule has 4 saturated carbocycles. The monoisotopic (exact) mass is 235 g/mol. The lowest BCUT2D eigenvalue weighted by Gasteiger charge is -2.55. The van der Waals surface area contributed by atoms with E-state index in [4.69, 9.17) is 0 Å². The van der Waals surface area contributed by atoms with Crippen LogP contribution in [0.5, 0.6) is 0 Å². The first-order chi connectivity index (χ1) is 8.11. The van der Waals surface area contributed by atoms with Crippen LogP contribution in [0.1, 0.15) is 58.8 Å². The highest BCUT2D eigenvalue weighted by atomic mass is 16.2. The molecule has 2 heteroatoms. The van der Waals surface area contributed by atoms with E-state index in [0.717, 1.165) is 24.2 Å². The van der Waals surface area contributed by atoms with Crippen LogP contribution in [0.4, 0.5) is 0 Å². The molecule has 17 heavy (non-hydrogen) atoms. The van der Waals surface area contributed by atoms with Gasteiger partial charge in [-0.3, -0.25) is 4.79 Å². The summed E-state index contributed by atoms with van der Waals surface area (Å²) in [6, 6.07) is 0.343. The summed E-state index contributed by atoms with van der Waals surface area (Å²) in [7, 11) is 0. The van der Waals surface area contributed by atoms with Crippen molar-refractivity contribution in [3.05, 3.63) is 0 Å². The molecule has 0 aliphatic heterocycles. The smallest absolute Gasteiger partial charge is 0.226 e. The molecule has 4 aliphatic carbocycles. The van der Waals surface area contributed by atoms with Crippen molar-refractivity contribution in [1.29, 1.82) is 0 Å². The zero-order chi connectivity index (χ0) is 12.0. The summed E-state index contributed by atoms with van der Waals surface area (Å²) in [4.78, 5) is 12.6. The average Bonchev–Trinajstić information content (AvgIpc) is 2.26. The summed E-state index contributed by atoms with van der Waals surface area (Å²) in [5.74, 6) is 2.97. The summed E-state index contributed by atoms with van der Waals surface area (Å²) in [5, 5.41) is 3.25. The average molecular weight is 235 g/mol. The first-order valence-corrected chi connectivity index (χ1v) is 7.42. The molecule has 4 aliphatic rings. The van der Waals surface area contributed by atoms with Crippen LogP contribution in [0, 0.1) is 23.2 Å². The molecule has 4 rings (SSSR count). The predicted octanol–water partition coefficient (Wildman–Crippen LogP) is 3.12. The highest BCUT2D eigenvalue weighted by Crippen LogP contribution is 2.60. The van der Waals surface area contributed by atoms with E-state index in [1.54, 1.807) is 0 Å². The molecule has 1 atom stereocenters. The minimum atomic E-state index is 0.0399. The van der Waals surface area contributed by atoms with E-state index < -0.39 is 0 Å². The Bertz CT molecular complexity index is 288. The van der Waals surface area contributed by atoms with Crippen LogP contribution < -0.4 is 5.32 Å². The summed E-state index contributed by atoms with van der Waals surface area (Å²) >= 11 is 0. The summed E-state index contributed by atoms with van der Waals surface area (Å²) in [6.45, 7) is 4.27. The Hall–Kier alpha value is -0.530. The lowest BCUT2D eigenvalue weighted by atomic mass is 9.49. The van der Waals surface area contributed by atoms with Crippen LogP contribution >= 0.6 is 0 Å². The van der Waals surface area contributed by atoms with Crippen molar-refractivity contribution in [2.45, 2.75) is 64.8 Å². The van der Waals surface area contributed by atoms with Gasteiger partial charge in [0.2, 0.25) is 5.91 Å². The second-order valence-electron chi connectivity index (χ2n) is 6.98. The van der Waals surface area contributed by atoms with Gasteiger partial charge in [0.05, 0.1) is 0 Å². The minimum Gasteiger partial charge on any atom is -0.353 e. The zero-order valence-electron chi connectivity index (χ0n) is 11.2. The van der Waals surface area contributed by atoms with Gasteiger partial charge in [0.1, 0.15) is 0 Å². The molecule has 1 N–H and O–H groups in total. The molecule has 96 valence electrons. The number of hydrogen-bond acceptors (Lipinski definition) is 1. The van der Waals surface area contributed by atoms with Crippen molar-refractivity contribution in [3.8, 4) is 0 Å². The fourth-order valence-corrected chi connectivity index (χ4v) is 4.87. The molecule has 4 fully saturated rings. The topological polar surface area (TPSA) is 29.1 Å². The van der Waals surface area contributed by atoms with Crippen molar-refractivity contribution >= 4 is 5.91 Å². The van der Waals surface area contributed by atoms with Crippen molar-refractivity contribution in [1.82, 2.24) is 5.32 Å². The molecule has 4 bridgehead atoms. The Kier molecular flexibility index (Phi) is 2.72. The lowest BCUT2D eigenvalue weighted by molar-refractivity contribution is -0.146. The van der Waals surface area contributed by atoms with Crippen molar-refractivity contribution in [2.75, 3.05) is 0 Å². The quantitative estimate of drug-likeness (QED) is 0.800. The van der Waals surface area contributed by atoms with E-state index in [1.807, 2.05) is 0 Å². The van der Waals surface area contributed by atoms with Gasteiger partial charge in [-0.2, -0.15) is 0 Å². The van der Waals surface area contributed by atoms with Crippen LogP contribution in [0.3, 0.4) is 0 Å². The Morgan fingerprint density at radius 1 is 1.18 bits per heavy atom. The largest absolute Gasteiger partial charge is 0.353 e. The highest BCUT2D eigenvalue weighted by molar-refractivity contribution is 5.83. The normalized spacial score (nSPS) is 44.7. The van der Waals surface area contributed by atoms with E-state index in [-0.39, 0.29) is 5.41 Å². The molecule has 2 nitrogen and oxygen atoms in total. The van der Waals surface area contributed by atoms with Gasteiger partial charge >= 0.3 is 0 Å². The van der Waals surface area contributed by atoms with Gasteiger partial charge in [-0.15, -0.1) is 0 Å². The maximum absolute atomic E-state index is 12.6. The second-order valence-corrected chi connectivity index (χ2v) is 6.98. The number of carbonyl (C=O) groups excluding carboxylic acids is 1. The molecule has 0 aromatic carbocycles. The van der Waals surface area contributed by atoms with Gasteiger partial charge in [-0.1, -0.05) is 6.92 Å².